The van der Waals surface area contributed by atoms with E-state index in [9.17, 15) is 9.59 Å². The van der Waals surface area contributed by atoms with Crippen LogP contribution in [-0.4, -0.2) is 21.2 Å². The van der Waals surface area contributed by atoms with Crippen LogP contribution in [0.2, 0.25) is 0 Å². The van der Waals surface area contributed by atoms with E-state index in [4.69, 9.17) is 4.42 Å². The topological polar surface area (TPSA) is 77.1 Å². The Morgan fingerprint density at radius 2 is 2.14 bits per heavy atom. The fourth-order valence-electron chi connectivity index (χ4n) is 3.70. The number of hydrogen-bond acceptors (Lipinski definition) is 5. The molecule has 1 aliphatic carbocycles. The quantitative estimate of drug-likeness (QED) is 0.496. The summed E-state index contributed by atoms with van der Waals surface area (Å²) in [5, 5.41) is 3.62. The van der Waals surface area contributed by atoms with E-state index in [1.165, 1.54) is 11.8 Å². The van der Waals surface area contributed by atoms with Crippen molar-refractivity contribution in [3.63, 3.8) is 0 Å². The van der Waals surface area contributed by atoms with Crippen LogP contribution in [0.15, 0.2) is 50.8 Å². The van der Waals surface area contributed by atoms with Crippen LogP contribution in [0, 0.1) is 13.8 Å². The molecule has 7 heteroatoms. The van der Waals surface area contributed by atoms with Gasteiger partial charge in [0.2, 0.25) is 5.91 Å². The molecule has 0 fully saturated rings. The second kappa shape index (κ2) is 8.29. The molecule has 1 amide bonds. The summed E-state index contributed by atoms with van der Waals surface area (Å²) in [7, 11) is 0. The number of thioether (sulfide) groups is 1. The molecule has 0 atom stereocenters. The average Bonchev–Trinajstić information content (AvgIpc) is 3.36. The van der Waals surface area contributed by atoms with E-state index in [0.29, 0.717) is 11.6 Å². The third kappa shape index (κ3) is 4.29. The van der Waals surface area contributed by atoms with Gasteiger partial charge >= 0.3 is 5.69 Å². The number of furan rings is 1. The minimum atomic E-state index is -0.292. The molecular formula is C22H23N3O3S. The van der Waals surface area contributed by atoms with Crippen LogP contribution >= 0.6 is 11.8 Å². The highest BCUT2D eigenvalue weighted by Gasteiger charge is 2.23. The van der Waals surface area contributed by atoms with Crippen molar-refractivity contribution in [1.29, 1.82) is 0 Å². The lowest BCUT2D eigenvalue weighted by atomic mass is 10.1. The highest BCUT2D eigenvalue weighted by atomic mass is 32.2. The Morgan fingerprint density at radius 1 is 1.28 bits per heavy atom. The molecule has 6 nitrogen and oxygen atoms in total. The molecule has 0 saturated heterocycles. The lowest BCUT2D eigenvalue weighted by molar-refractivity contribution is -0.113. The van der Waals surface area contributed by atoms with Crippen LogP contribution in [0.3, 0.4) is 0 Å². The van der Waals surface area contributed by atoms with Crippen LogP contribution < -0.4 is 11.0 Å². The molecule has 4 rings (SSSR count). The third-order valence-electron chi connectivity index (χ3n) is 5.09. The van der Waals surface area contributed by atoms with Crippen molar-refractivity contribution < 1.29 is 9.21 Å². The zero-order chi connectivity index (χ0) is 20.4. The number of hydrogen-bond donors (Lipinski definition) is 1. The fourth-order valence-corrected chi connectivity index (χ4v) is 4.58. The molecule has 1 aromatic carbocycles. The second-order valence-electron chi connectivity index (χ2n) is 7.30. The summed E-state index contributed by atoms with van der Waals surface area (Å²) < 4.78 is 7.08. The first-order chi connectivity index (χ1) is 14.0. The monoisotopic (exact) mass is 409 g/mol. The molecule has 0 radical (unpaired) electrons. The number of nitrogens with zero attached hydrogens (tertiary/aromatic N) is 2. The van der Waals surface area contributed by atoms with E-state index >= 15 is 0 Å². The van der Waals surface area contributed by atoms with Crippen LogP contribution in [0.5, 0.6) is 0 Å². The van der Waals surface area contributed by atoms with Crippen molar-refractivity contribution in [2.75, 3.05) is 11.1 Å². The summed E-state index contributed by atoms with van der Waals surface area (Å²) in [4.78, 5) is 29.3. The van der Waals surface area contributed by atoms with Crippen LogP contribution in [0.4, 0.5) is 5.69 Å². The van der Waals surface area contributed by atoms with Crippen molar-refractivity contribution in [1.82, 2.24) is 9.55 Å². The lowest BCUT2D eigenvalue weighted by Crippen LogP contribution is -2.28. The van der Waals surface area contributed by atoms with Gasteiger partial charge in [-0.25, -0.2) is 4.79 Å². The van der Waals surface area contributed by atoms with Crippen LogP contribution in [0.25, 0.3) is 0 Å². The van der Waals surface area contributed by atoms with Crippen molar-refractivity contribution in [3.8, 4) is 0 Å². The summed E-state index contributed by atoms with van der Waals surface area (Å²) in [5.41, 5.74) is 4.80. The first-order valence-corrected chi connectivity index (χ1v) is 10.6. The molecule has 1 aliphatic rings. The van der Waals surface area contributed by atoms with Gasteiger partial charge in [0, 0.05) is 16.9 Å². The molecule has 0 unspecified atom stereocenters. The molecule has 29 heavy (non-hydrogen) atoms. The van der Waals surface area contributed by atoms with Crippen LogP contribution in [0.1, 0.15) is 34.6 Å². The van der Waals surface area contributed by atoms with Gasteiger partial charge in [-0.3, -0.25) is 9.36 Å². The Bertz CT molecular complexity index is 1100. The SMILES string of the molecule is Cc1ccc(NC(=O)CSc2nc(=O)n(Cc3ccco3)c3c2CCC3)c(C)c1. The minimum absolute atomic E-state index is 0.102. The number of aryl methyl sites for hydroxylation is 2. The molecule has 0 saturated carbocycles. The van der Waals surface area contributed by atoms with Crippen molar-refractivity contribution in [2.24, 2.45) is 0 Å². The maximum atomic E-state index is 12.6. The number of fused-ring (bicyclic) bond motifs is 1. The molecule has 0 spiro atoms. The van der Waals surface area contributed by atoms with Gasteiger partial charge in [-0.2, -0.15) is 4.98 Å². The number of carbonyl (C=O) groups is 1. The van der Waals surface area contributed by atoms with Gasteiger partial charge in [-0.1, -0.05) is 29.5 Å². The number of carbonyl (C=O) groups excluding carboxylic acids is 1. The van der Waals surface area contributed by atoms with Gasteiger partial charge in [0.05, 0.1) is 18.6 Å². The number of aromatic nitrogens is 2. The van der Waals surface area contributed by atoms with E-state index in [0.717, 1.165) is 53.1 Å². The summed E-state index contributed by atoms with van der Waals surface area (Å²) in [6, 6.07) is 9.60. The van der Waals surface area contributed by atoms with Gasteiger partial charge < -0.3 is 9.73 Å². The molecule has 1 N–H and O–H groups in total. The number of amides is 1. The minimum Gasteiger partial charge on any atom is -0.467 e. The van der Waals surface area contributed by atoms with Gasteiger partial charge in [0.15, 0.2) is 0 Å². The molecule has 2 heterocycles. The van der Waals surface area contributed by atoms with Crippen molar-refractivity contribution in [2.45, 2.75) is 44.7 Å². The van der Waals surface area contributed by atoms with Crippen LogP contribution in [-0.2, 0) is 24.2 Å². The molecule has 2 aromatic heterocycles. The zero-order valence-corrected chi connectivity index (χ0v) is 17.3. The highest BCUT2D eigenvalue weighted by Crippen LogP contribution is 2.29. The number of nitrogens with one attached hydrogen (secondary N) is 1. The van der Waals surface area contributed by atoms with E-state index in [-0.39, 0.29) is 17.3 Å². The van der Waals surface area contributed by atoms with E-state index < -0.39 is 0 Å². The third-order valence-corrected chi connectivity index (χ3v) is 6.11. The van der Waals surface area contributed by atoms with Gasteiger partial charge in [0.1, 0.15) is 10.8 Å². The Morgan fingerprint density at radius 3 is 2.90 bits per heavy atom. The smallest absolute Gasteiger partial charge is 0.349 e. The Balaban J connectivity index is 1.49. The number of anilines is 1. The van der Waals surface area contributed by atoms with Gasteiger partial charge in [0.25, 0.3) is 0 Å². The Labute approximate surface area is 173 Å². The predicted octanol–water partition coefficient (Wildman–Crippen LogP) is 3.72. The van der Waals surface area contributed by atoms with Gasteiger partial charge in [-0.15, -0.1) is 0 Å². The zero-order valence-electron chi connectivity index (χ0n) is 16.5. The second-order valence-corrected chi connectivity index (χ2v) is 8.26. The van der Waals surface area contributed by atoms with Gasteiger partial charge in [-0.05, 0) is 56.9 Å². The number of benzene rings is 1. The normalized spacial score (nSPS) is 12.8. The van der Waals surface area contributed by atoms with E-state index in [1.54, 1.807) is 10.8 Å². The first kappa shape index (κ1) is 19.5. The summed E-state index contributed by atoms with van der Waals surface area (Å²) >= 11 is 1.33. The maximum Gasteiger partial charge on any atom is 0.349 e. The molecule has 0 aliphatic heterocycles. The summed E-state index contributed by atoms with van der Waals surface area (Å²) in [6.45, 7) is 4.39. The molecule has 0 bridgehead atoms. The van der Waals surface area contributed by atoms with E-state index in [1.807, 2.05) is 44.2 Å². The van der Waals surface area contributed by atoms with Crippen molar-refractivity contribution >= 4 is 23.4 Å². The number of rotatable bonds is 6. The molecular weight excluding hydrogens is 386 g/mol. The average molecular weight is 410 g/mol. The Kier molecular flexibility index (Phi) is 5.58. The summed E-state index contributed by atoms with van der Waals surface area (Å²) in [5.74, 6) is 0.848. The molecule has 150 valence electrons. The highest BCUT2D eigenvalue weighted by molar-refractivity contribution is 8.00. The first-order valence-electron chi connectivity index (χ1n) is 9.66. The maximum absolute atomic E-state index is 12.6. The van der Waals surface area contributed by atoms with E-state index in [2.05, 4.69) is 10.3 Å². The largest absolute Gasteiger partial charge is 0.467 e. The summed E-state index contributed by atoms with van der Waals surface area (Å²) in [6.07, 6.45) is 4.31. The lowest BCUT2D eigenvalue weighted by Gasteiger charge is -2.13. The fraction of sp³-hybridized carbons (Fsp3) is 0.318. The van der Waals surface area contributed by atoms with Crippen molar-refractivity contribution in [3.05, 3.63) is 75.2 Å². The Hall–Kier alpha value is -2.80. The standard InChI is InChI=1S/C22H23N3O3S/c1-14-8-9-18(15(2)11-14)23-20(26)13-29-21-17-6-3-7-19(17)25(22(27)24-21)12-16-5-4-10-28-16/h4-5,8-11H,3,6-7,12-13H2,1-2H3,(H,23,26). The predicted molar refractivity (Wildman–Crippen MR) is 114 cm³/mol. The molecule has 3 aromatic rings.